The number of hydrogen-bond donors (Lipinski definition) is 1. The first-order valence-corrected chi connectivity index (χ1v) is 11.8. The van der Waals surface area contributed by atoms with E-state index in [1.807, 2.05) is 31.2 Å². The molecular formula is C25H34N2O3S. The molecule has 6 heteroatoms. The van der Waals surface area contributed by atoms with Crippen molar-refractivity contribution in [2.45, 2.75) is 52.5 Å². The lowest BCUT2D eigenvalue weighted by Crippen LogP contribution is -2.48. The average molecular weight is 443 g/mol. The van der Waals surface area contributed by atoms with Gasteiger partial charge >= 0.3 is 0 Å². The Balaban J connectivity index is 2.07. The van der Waals surface area contributed by atoms with Gasteiger partial charge < -0.3 is 15.0 Å². The maximum absolute atomic E-state index is 13.1. The third-order valence-corrected chi connectivity index (χ3v) is 5.99. The zero-order valence-corrected chi connectivity index (χ0v) is 20.1. The Labute approximate surface area is 190 Å². The Bertz CT molecular complexity index is 847. The fraction of sp³-hybridized carbons (Fsp3) is 0.440. The molecule has 168 valence electrons. The summed E-state index contributed by atoms with van der Waals surface area (Å²) in [5.74, 6) is 1.70. The van der Waals surface area contributed by atoms with Gasteiger partial charge in [0.15, 0.2) is 0 Å². The summed E-state index contributed by atoms with van der Waals surface area (Å²) >= 11 is 1.58. The standard InChI is InChI=1S/C25H34N2O3S/c1-6-11-26-25(29)20(4)27(15-21-7-9-23(30-5)10-8-21)24(28)17-31-16-22-13-18(2)12-19(3)14-22/h7-10,12-14,20H,6,11,15-17H2,1-5H3,(H,26,29)/t20-/m1/s1. The molecular weight excluding hydrogens is 408 g/mol. The van der Waals surface area contributed by atoms with Crippen LogP contribution in [0.4, 0.5) is 0 Å². The summed E-state index contributed by atoms with van der Waals surface area (Å²) in [6.45, 7) is 8.96. The van der Waals surface area contributed by atoms with Gasteiger partial charge in [0.2, 0.25) is 11.8 Å². The van der Waals surface area contributed by atoms with Crippen LogP contribution in [-0.4, -0.2) is 42.2 Å². The maximum Gasteiger partial charge on any atom is 0.242 e. The van der Waals surface area contributed by atoms with Gasteiger partial charge in [0.1, 0.15) is 11.8 Å². The lowest BCUT2D eigenvalue weighted by Gasteiger charge is -2.29. The van der Waals surface area contributed by atoms with Gasteiger partial charge in [-0.05, 0) is 50.5 Å². The first kappa shape index (κ1) is 24.8. The van der Waals surface area contributed by atoms with Gasteiger partial charge in [0, 0.05) is 18.8 Å². The molecule has 0 radical (unpaired) electrons. The molecule has 2 aromatic carbocycles. The first-order chi connectivity index (χ1) is 14.8. The molecule has 31 heavy (non-hydrogen) atoms. The number of aryl methyl sites for hydroxylation is 2. The van der Waals surface area contributed by atoms with Gasteiger partial charge in [-0.25, -0.2) is 0 Å². The van der Waals surface area contributed by atoms with Crippen molar-refractivity contribution in [1.29, 1.82) is 0 Å². The monoisotopic (exact) mass is 442 g/mol. The Morgan fingerprint density at radius 1 is 1.06 bits per heavy atom. The number of carbonyl (C=O) groups excluding carboxylic acids is 2. The molecule has 2 aromatic rings. The average Bonchev–Trinajstić information content (AvgIpc) is 2.75. The van der Waals surface area contributed by atoms with Gasteiger partial charge in [0.25, 0.3) is 0 Å². The van der Waals surface area contributed by atoms with Crippen LogP contribution in [-0.2, 0) is 21.9 Å². The minimum absolute atomic E-state index is 0.0376. The van der Waals surface area contributed by atoms with Crippen LogP contribution in [0.2, 0.25) is 0 Å². The minimum atomic E-state index is -0.539. The number of benzene rings is 2. The predicted octanol–water partition coefficient (Wildman–Crippen LogP) is 4.49. The molecule has 0 saturated carbocycles. The lowest BCUT2D eigenvalue weighted by molar-refractivity contribution is -0.138. The number of carbonyl (C=O) groups is 2. The number of hydrogen-bond acceptors (Lipinski definition) is 4. The molecule has 1 N–H and O–H groups in total. The molecule has 0 unspecified atom stereocenters. The number of methoxy groups -OCH3 is 1. The van der Waals surface area contributed by atoms with Crippen LogP contribution in [0.5, 0.6) is 5.75 Å². The van der Waals surface area contributed by atoms with Crippen LogP contribution in [0.1, 0.15) is 42.5 Å². The number of ether oxygens (including phenoxy) is 1. The van der Waals surface area contributed by atoms with Gasteiger partial charge in [-0.15, -0.1) is 11.8 Å². The Morgan fingerprint density at radius 2 is 1.71 bits per heavy atom. The van der Waals surface area contributed by atoms with Crippen molar-refractivity contribution in [3.05, 3.63) is 64.7 Å². The van der Waals surface area contributed by atoms with E-state index < -0.39 is 6.04 Å². The number of thioether (sulfide) groups is 1. The third-order valence-electron chi connectivity index (χ3n) is 5.00. The van der Waals surface area contributed by atoms with E-state index in [0.29, 0.717) is 18.8 Å². The highest BCUT2D eigenvalue weighted by atomic mass is 32.2. The quantitative estimate of drug-likeness (QED) is 0.557. The molecule has 2 rings (SSSR count). The molecule has 0 aliphatic heterocycles. The normalized spacial score (nSPS) is 11.6. The first-order valence-electron chi connectivity index (χ1n) is 10.7. The zero-order valence-electron chi connectivity index (χ0n) is 19.2. The van der Waals surface area contributed by atoms with Crippen molar-refractivity contribution in [1.82, 2.24) is 10.2 Å². The van der Waals surface area contributed by atoms with Crippen molar-refractivity contribution >= 4 is 23.6 Å². The maximum atomic E-state index is 13.1. The zero-order chi connectivity index (χ0) is 22.8. The molecule has 0 aliphatic carbocycles. The largest absolute Gasteiger partial charge is 0.497 e. The fourth-order valence-corrected chi connectivity index (χ4v) is 4.24. The van der Waals surface area contributed by atoms with Gasteiger partial charge in [-0.2, -0.15) is 0 Å². The van der Waals surface area contributed by atoms with E-state index in [2.05, 4.69) is 37.4 Å². The van der Waals surface area contributed by atoms with Crippen molar-refractivity contribution < 1.29 is 14.3 Å². The number of nitrogens with one attached hydrogen (secondary N) is 1. The number of amides is 2. The molecule has 0 aliphatic rings. The second-order valence-corrected chi connectivity index (χ2v) is 8.81. The summed E-state index contributed by atoms with van der Waals surface area (Å²) in [5, 5.41) is 2.91. The van der Waals surface area contributed by atoms with E-state index in [1.54, 1.807) is 30.7 Å². The fourth-order valence-electron chi connectivity index (χ4n) is 3.40. The SMILES string of the molecule is CCCNC(=O)[C@@H](C)N(Cc1ccc(OC)cc1)C(=O)CSCc1cc(C)cc(C)c1. The van der Waals surface area contributed by atoms with E-state index in [0.717, 1.165) is 23.5 Å². The van der Waals surface area contributed by atoms with Crippen LogP contribution in [0, 0.1) is 13.8 Å². The highest BCUT2D eigenvalue weighted by Gasteiger charge is 2.25. The molecule has 1 atom stereocenters. The van der Waals surface area contributed by atoms with Crippen LogP contribution in [0.15, 0.2) is 42.5 Å². The van der Waals surface area contributed by atoms with Gasteiger partial charge in [0.05, 0.1) is 12.9 Å². The van der Waals surface area contributed by atoms with Gasteiger partial charge in [-0.3, -0.25) is 9.59 Å². The molecule has 2 amide bonds. The summed E-state index contributed by atoms with van der Waals surface area (Å²) in [4.78, 5) is 27.4. The van der Waals surface area contributed by atoms with Crippen LogP contribution in [0.25, 0.3) is 0 Å². The highest BCUT2D eigenvalue weighted by molar-refractivity contribution is 7.99. The molecule has 0 aromatic heterocycles. The summed E-state index contributed by atoms with van der Waals surface area (Å²) in [6, 6.07) is 13.5. The predicted molar refractivity (Wildman–Crippen MR) is 128 cm³/mol. The molecule has 0 heterocycles. The summed E-state index contributed by atoms with van der Waals surface area (Å²) in [7, 11) is 1.62. The third kappa shape index (κ3) is 7.94. The number of nitrogens with zero attached hydrogens (tertiary/aromatic N) is 1. The second kappa shape index (κ2) is 12.4. The lowest BCUT2D eigenvalue weighted by atomic mass is 10.1. The van der Waals surface area contributed by atoms with Crippen LogP contribution < -0.4 is 10.1 Å². The van der Waals surface area contributed by atoms with E-state index in [4.69, 9.17) is 4.74 Å². The molecule has 0 spiro atoms. The van der Waals surface area contributed by atoms with Gasteiger partial charge in [-0.1, -0.05) is 48.4 Å². The van der Waals surface area contributed by atoms with E-state index >= 15 is 0 Å². The Morgan fingerprint density at radius 3 is 2.29 bits per heavy atom. The smallest absolute Gasteiger partial charge is 0.242 e. The Kier molecular flexibility index (Phi) is 9.92. The van der Waals surface area contributed by atoms with Crippen LogP contribution >= 0.6 is 11.8 Å². The molecule has 0 fully saturated rings. The molecule has 5 nitrogen and oxygen atoms in total. The summed E-state index contributed by atoms with van der Waals surface area (Å²) in [5.41, 5.74) is 4.63. The summed E-state index contributed by atoms with van der Waals surface area (Å²) in [6.07, 6.45) is 0.858. The molecule has 0 bridgehead atoms. The Hall–Kier alpha value is -2.47. The van der Waals surface area contributed by atoms with Crippen molar-refractivity contribution in [2.24, 2.45) is 0 Å². The van der Waals surface area contributed by atoms with E-state index in [-0.39, 0.29) is 11.8 Å². The van der Waals surface area contributed by atoms with Crippen molar-refractivity contribution in [2.75, 3.05) is 19.4 Å². The van der Waals surface area contributed by atoms with Crippen molar-refractivity contribution in [3.63, 3.8) is 0 Å². The van der Waals surface area contributed by atoms with Crippen LogP contribution in [0.3, 0.4) is 0 Å². The minimum Gasteiger partial charge on any atom is -0.497 e. The van der Waals surface area contributed by atoms with E-state index in [9.17, 15) is 9.59 Å². The topological polar surface area (TPSA) is 58.6 Å². The molecule has 0 saturated heterocycles. The summed E-state index contributed by atoms with van der Waals surface area (Å²) < 4.78 is 5.22. The van der Waals surface area contributed by atoms with Crippen molar-refractivity contribution in [3.8, 4) is 5.75 Å². The van der Waals surface area contributed by atoms with E-state index in [1.165, 1.54) is 16.7 Å². The highest BCUT2D eigenvalue weighted by Crippen LogP contribution is 2.19. The second-order valence-electron chi connectivity index (χ2n) is 7.83. The number of rotatable bonds is 11.